The van der Waals surface area contributed by atoms with E-state index in [1.165, 1.54) is 29.7 Å². The van der Waals surface area contributed by atoms with Gasteiger partial charge in [-0.15, -0.1) is 11.3 Å². The van der Waals surface area contributed by atoms with E-state index >= 15 is 0 Å². The molecule has 0 aliphatic carbocycles. The third-order valence-corrected chi connectivity index (χ3v) is 17.6. The van der Waals surface area contributed by atoms with Gasteiger partial charge in [-0.3, -0.25) is 29.1 Å². The van der Waals surface area contributed by atoms with Gasteiger partial charge in [-0.05, 0) is 141 Å². The van der Waals surface area contributed by atoms with Gasteiger partial charge in [0.25, 0.3) is 5.91 Å². The highest BCUT2D eigenvalue weighted by Crippen LogP contribution is 2.34. The molecule has 3 amide bonds. The topological polar surface area (TPSA) is 192 Å². The van der Waals surface area contributed by atoms with Crippen molar-refractivity contribution in [3.63, 3.8) is 0 Å². The molecule has 8 rings (SSSR count). The zero-order valence-electron chi connectivity index (χ0n) is 51.4. The standard InChI is InChI=1S/C69H91N9O7S/c1-50-19-28-58(41-57(50)42-64-71-31-29-62(75-64)56-17-16-30-70-46-56)74-66(81)55-26-22-53(23-27-55)47-77-35-33-76(34-36-77)32-11-6-7-12-37-84-39-14-9-15-40-85-38-13-8-10-18-59(79)43-61(69(3,4)5)68(83)78-48-60(80)44-63(78)67(82)72-45-52-20-24-54(25-21-52)65-51(2)73-49-86-65/h16-17,19-31,41,46,49,60-61,63,80H,6-15,18,32-40,42-45,47-48H2,1-5H3,(H,72,82)(H,74,81)/t60-,61-,63+/m1/s1. The molecule has 5 heterocycles. The molecule has 16 nitrogen and oxygen atoms in total. The molecule has 0 saturated carbocycles. The summed E-state index contributed by atoms with van der Waals surface area (Å²) in [6.45, 7) is 19.6. The fourth-order valence-corrected chi connectivity index (χ4v) is 12.1. The normalized spacial score (nSPS) is 16.1. The van der Waals surface area contributed by atoms with Crippen LogP contribution in [0.5, 0.6) is 0 Å². The Kier molecular flexibility index (Phi) is 25.5. The summed E-state index contributed by atoms with van der Waals surface area (Å²) in [5.74, 6) is -0.521. The van der Waals surface area contributed by atoms with E-state index in [2.05, 4.69) is 54.4 Å². The van der Waals surface area contributed by atoms with Gasteiger partial charge >= 0.3 is 0 Å². The van der Waals surface area contributed by atoms with E-state index in [0.29, 0.717) is 37.4 Å². The molecule has 86 heavy (non-hydrogen) atoms. The molecule has 3 atom stereocenters. The number of aliphatic hydroxyl groups is 1. The molecule has 2 fully saturated rings. The second-order valence-corrected chi connectivity index (χ2v) is 25.3. The van der Waals surface area contributed by atoms with Crippen LogP contribution < -0.4 is 10.6 Å². The first-order valence-electron chi connectivity index (χ1n) is 31.3. The number of benzene rings is 3. The molecular formula is C69H91N9O7S. The van der Waals surface area contributed by atoms with Gasteiger partial charge in [0.05, 0.1) is 27.9 Å². The first-order chi connectivity index (χ1) is 41.7. The number of aromatic nitrogens is 4. The van der Waals surface area contributed by atoms with Crippen LogP contribution in [0.2, 0.25) is 0 Å². The van der Waals surface area contributed by atoms with Crippen LogP contribution in [0.15, 0.2) is 109 Å². The number of Topliss-reactive ketones (excluding diaryl/α,β-unsaturated/α-hetero) is 1. The average molecular weight is 1190 g/mol. The van der Waals surface area contributed by atoms with Crippen molar-refractivity contribution in [3.05, 3.63) is 148 Å². The van der Waals surface area contributed by atoms with E-state index in [1.54, 1.807) is 29.9 Å². The minimum atomic E-state index is -0.802. The van der Waals surface area contributed by atoms with Crippen LogP contribution >= 0.6 is 11.3 Å². The van der Waals surface area contributed by atoms with Crippen LogP contribution in [0, 0.1) is 25.2 Å². The summed E-state index contributed by atoms with van der Waals surface area (Å²) in [4.78, 5) is 79.7. The minimum Gasteiger partial charge on any atom is -0.391 e. The molecule has 0 radical (unpaired) electrons. The maximum Gasteiger partial charge on any atom is 0.255 e. The van der Waals surface area contributed by atoms with Crippen molar-refractivity contribution in [1.82, 2.24) is 40.0 Å². The summed E-state index contributed by atoms with van der Waals surface area (Å²) in [6.07, 6.45) is 16.1. The number of nitrogens with zero attached hydrogens (tertiary/aromatic N) is 7. The summed E-state index contributed by atoms with van der Waals surface area (Å²) in [5, 5.41) is 16.7. The number of likely N-dealkylation sites (tertiary alicyclic amines) is 1. The number of ketones is 1. The Hall–Kier alpha value is -6.60. The molecule has 17 heteroatoms. The molecule has 0 bridgehead atoms. The molecule has 3 N–H and O–H groups in total. The van der Waals surface area contributed by atoms with Crippen LogP contribution in [0.3, 0.4) is 0 Å². The maximum absolute atomic E-state index is 14.1. The number of amides is 3. The van der Waals surface area contributed by atoms with Crippen LogP contribution in [0.1, 0.15) is 148 Å². The van der Waals surface area contributed by atoms with E-state index in [-0.39, 0.29) is 42.9 Å². The second-order valence-electron chi connectivity index (χ2n) is 24.4. The number of hydrogen-bond acceptors (Lipinski definition) is 14. The lowest BCUT2D eigenvalue weighted by Crippen LogP contribution is -2.50. The van der Waals surface area contributed by atoms with Gasteiger partial charge in [0.2, 0.25) is 11.8 Å². The Morgan fingerprint density at radius 3 is 2.09 bits per heavy atom. The Bertz CT molecular complexity index is 3070. The lowest BCUT2D eigenvalue weighted by molar-refractivity contribution is -0.146. The van der Waals surface area contributed by atoms with Crippen molar-refractivity contribution in [2.24, 2.45) is 11.3 Å². The van der Waals surface area contributed by atoms with Crippen molar-refractivity contribution in [1.29, 1.82) is 0 Å². The number of nitrogens with one attached hydrogen (secondary N) is 2. The Labute approximate surface area is 514 Å². The number of pyridine rings is 1. The van der Waals surface area contributed by atoms with E-state index in [9.17, 15) is 24.3 Å². The molecule has 6 aromatic rings. The Morgan fingerprint density at radius 2 is 1.42 bits per heavy atom. The van der Waals surface area contributed by atoms with Crippen LogP contribution in [0.25, 0.3) is 21.7 Å². The summed E-state index contributed by atoms with van der Waals surface area (Å²) in [5.41, 5.74) is 10.8. The number of piperazine rings is 1. The predicted molar refractivity (Wildman–Crippen MR) is 341 cm³/mol. The number of carbonyl (C=O) groups is 4. The number of hydrogen-bond donors (Lipinski definition) is 3. The monoisotopic (exact) mass is 1190 g/mol. The molecule has 2 aliphatic heterocycles. The number of unbranched alkanes of at least 4 members (excludes halogenated alkanes) is 7. The molecule has 3 aromatic carbocycles. The fourth-order valence-electron chi connectivity index (χ4n) is 11.3. The number of aliphatic hydroxyl groups excluding tert-OH is 1. The number of β-amino-alcohol motifs (C(OH)–C–C–N with tert-alkyl or cyclic N) is 1. The van der Waals surface area contributed by atoms with Crippen LogP contribution in [-0.4, -0.2) is 141 Å². The van der Waals surface area contributed by atoms with Gasteiger partial charge in [0, 0.05) is 139 Å². The van der Waals surface area contributed by atoms with Crippen molar-refractivity contribution in [2.45, 2.75) is 150 Å². The molecule has 460 valence electrons. The number of anilines is 1. The van der Waals surface area contributed by atoms with Gasteiger partial charge in [-0.1, -0.05) is 82.5 Å². The van der Waals surface area contributed by atoms with Gasteiger partial charge in [0.1, 0.15) is 17.6 Å². The van der Waals surface area contributed by atoms with Gasteiger partial charge < -0.3 is 35.0 Å². The highest BCUT2D eigenvalue weighted by Gasteiger charge is 2.44. The number of rotatable bonds is 33. The summed E-state index contributed by atoms with van der Waals surface area (Å²) in [6, 6.07) is 26.9. The number of thiazole rings is 1. The van der Waals surface area contributed by atoms with Crippen molar-refractivity contribution in [2.75, 3.05) is 71.0 Å². The summed E-state index contributed by atoms with van der Waals surface area (Å²) < 4.78 is 11.8. The number of carbonyl (C=O) groups excluding carboxylic acids is 4. The van der Waals surface area contributed by atoms with Gasteiger partial charge in [0.15, 0.2) is 0 Å². The lowest BCUT2D eigenvalue weighted by atomic mass is 9.76. The van der Waals surface area contributed by atoms with E-state index in [1.807, 2.05) is 106 Å². The maximum atomic E-state index is 14.1. The van der Waals surface area contributed by atoms with E-state index in [0.717, 1.165) is 154 Å². The zero-order chi connectivity index (χ0) is 60.7. The van der Waals surface area contributed by atoms with Crippen molar-refractivity contribution in [3.8, 4) is 21.7 Å². The molecule has 2 saturated heterocycles. The molecule has 0 spiro atoms. The van der Waals surface area contributed by atoms with E-state index in [4.69, 9.17) is 14.5 Å². The lowest BCUT2D eigenvalue weighted by Gasteiger charge is -2.34. The van der Waals surface area contributed by atoms with Crippen molar-refractivity contribution < 1.29 is 33.8 Å². The summed E-state index contributed by atoms with van der Waals surface area (Å²) >= 11 is 1.59. The second kappa shape index (κ2) is 33.5. The smallest absolute Gasteiger partial charge is 0.255 e. The molecular weight excluding hydrogens is 1100 g/mol. The number of ether oxygens (including phenoxy) is 2. The van der Waals surface area contributed by atoms with E-state index < -0.39 is 23.5 Å². The molecule has 0 unspecified atom stereocenters. The number of aryl methyl sites for hydroxylation is 2. The third kappa shape index (κ3) is 20.5. The quantitative estimate of drug-likeness (QED) is 0.0330. The highest BCUT2D eigenvalue weighted by atomic mass is 32.1. The predicted octanol–water partition coefficient (Wildman–Crippen LogP) is 11.5. The average Bonchev–Trinajstić information content (AvgIpc) is 4.05. The third-order valence-electron chi connectivity index (χ3n) is 16.6. The van der Waals surface area contributed by atoms with Crippen LogP contribution in [-0.2, 0) is 43.4 Å². The minimum absolute atomic E-state index is 0.0473. The first kappa shape index (κ1) is 65.4. The highest BCUT2D eigenvalue weighted by molar-refractivity contribution is 7.13. The molecule has 2 aliphatic rings. The SMILES string of the molecule is Cc1ccc(NC(=O)c2ccc(CN3CCN(CCCCCCOCCCCCOCCCCCC(=O)C[C@H](C(=O)N4C[C@H](O)C[C@H]4C(=O)NCc4ccc(-c5scnc5C)cc4)C(C)(C)C)CC3)cc2)cc1Cc1nccc(-c2cccnc2)n1. The largest absolute Gasteiger partial charge is 0.391 e. The van der Waals surface area contributed by atoms with Crippen LogP contribution in [0.4, 0.5) is 5.69 Å². The first-order valence-corrected chi connectivity index (χ1v) is 32.1. The van der Waals surface area contributed by atoms with Gasteiger partial charge in [-0.2, -0.15) is 0 Å². The fraction of sp³-hybridized carbons (Fsp3) is 0.507. The Morgan fingerprint density at radius 1 is 0.744 bits per heavy atom. The van der Waals surface area contributed by atoms with Gasteiger partial charge in [-0.25, -0.2) is 15.0 Å². The van der Waals surface area contributed by atoms with Crippen molar-refractivity contribution >= 4 is 40.5 Å². The Balaban J connectivity index is 0.596. The zero-order valence-corrected chi connectivity index (χ0v) is 52.3. The summed E-state index contributed by atoms with van der Waals surface area (Å²) in [7, 11) is 0. The molecule has 3 aromatic heterocycles.